The molecule has 6 nitrogen and oxygen atoms in total. The molecule has 0 saturated carbocycles. The summed E-state index contributed by atoms with van der Waals surface area (Å²) in [6.07, 6.45) is 0.820. The molecule has 32 heavy (non-hydrogen) atoms. The quantitative estimate of drug-likeness (QED) is 0.203. The molecule has 0 unspecified atom stereocenters. The largest absolute Gasteiger partial charge is 0.493 e. The Kier molecular flexibility index (Phi) is 8.69. The van der Waals surface area contributed by atoms with E-state index in [0.29, 0.717) is 35.0 Å². The monoisotopic (exact) mass is 498 g/mol. The van der Waals surface area contributed by atoms with Gasteiger partial charge in [-0.2, -0.15) is 0 Å². The summed E-state index contributed by atoms with van der Waals surface area (Å²) >= 11 is 3.36. The smallest absolute Gasteiger partial charge is 0.347 e. The van der Waals surface area contributed by atoms with Crippen molar-refractivity contribution in [2.24, 2.45) is 0 Å². The molecule has 0 N–H and O–H groups in total. The Morgan fingerprint density at radius 3 is 2.25 bits per heavy atom. The Bertz CT molecular complexity index is 1030. The molecule has 0 spiro atoms. The Morgan fingerprint density at radius 2 is 1.53 bits per heavy atom. The van der Waals surface area contributed by atoms with Crippen molar-refractivity contribution < 1.29 is 28.5 Å². The van der Waals surface area contributed by atoms with Crippen LogP contribution in [0.3, 0.4) is 0 Å². The molecule has 0 radical (unpaired) electrons. The van der Waals surface area contributed by atoms with Gasteiger partial charge in [-0.1, -0.05) is 41.1 Å². The second kappa shape index (κ2) is 11.9. The number of hydrogen-bond acceptors (Lipinski definition) is 6. The van der Waals surface area contributed by atoms with Gasteiger partial charge in [0.05, 0.1) is 12.2 Å². The Hall–Kier alpha value is -3.32. The summed E-state index contributed by atoms with van der Waals surface area (Å²) in [6.45, 7) is 2.85. The van der Waals surface area contributed by atoms with Crippen molar-refractivity contribution in [3.63, 3.8) is 0 Å². The fourth-order valence-corrected chi connectivity index (χ4v) is 3.08. The van der Waals surface area contributed by atoms with Crippen LogP contribution in [0.5, 0.6) is 17.2 Å². The van der Waals surface area contributed by atoms with Crippen LogP contribution in [-0.2, 0) is 4.74 Å². The van der Waals surface area contributed by atoms with Crippen LogP contribution in [0.25, 0.3) is 0 Å². The number of carbonyl (C=O) groups is 2. The van der Waals surface area contributed by atoms with Crippen LogP contribution in [-0.4, -0.2) is 31.8 Å². The lowest BCUT2D eigenvalue weighted by atomic mass is 10.2. The molecular weight excluding hydrogens is 476 g/mol. The molecule has 0 heterocycles. The van der Waals surface area contributed by atoms with E-state index in [9.17, 15) is 9.59 Å². The van der Waals surface area contributed by atoms with Crippen molar-refractivity contribution in [1.82, 2.24) is 0 Å². The molecule has 7 heteroatoms. The highest BCUT2D eigenvalue weighted by Gasteiger charge is 2.16. The summed E-state index contributed by atoms with van der Waals surface area (Å²) in [4.78, 5) is 24.8. The zero-order valence-corrected chi connectivity index (χ0v) is 19.2. The highest BCUT2D eigenvalue weighted by atomic mass is 79.9. The predicted octanol–water partition coefficient (Wildman–Crippen LogP) is 5.69. The van der Waals surface area contributed by atoms with Crippen molar-refractivity contribution in [2.75, 3.05) is 19.8 Å². The number of carbonyl (C=O) groups excluding carboxylic acids is 2. The fourth-order valence-electron chi connectivity index (χ4n) is 2.71. The van der Waals surface area contributed by atoms with Gasteiger partial charge in [0.15, 0.2) is 0 Å². The van der Waals surface area contributed by atoms with E-state index in [4.69, 9.17) is 18.9 Å². The van der Waals surface area contributed by atoms with Crippen LogP contribution in [0.2, 0.25) is 0 Å². The number of rotatable bonds is 10. The standard InChI is InChI=1S/C25H23BrO6/c1-2-14-30-23-13-10-19(26)17-22(23)25(28)32-21-11-8-18(9-12-21)24(27)31-16-15-29-20-6-4-3-5-7-20/h3-13,17H,2,14-16H2,1H3. The van der Waals surface area contributed by atoms with Gasteiger partial charge >= 0.3 is 11.9 Å². The zero-order valence-electron chi connectivity index (χ0n) is 17.6. The summed E-state index contributed by atoms with van der Waals surface area (Å²) in [5.74, 6) is 0.439. The number of benzene rings is 3. The van der Waals surface area contributed by atoms with Gasteiger partial charge in [0.25, 0.3) is 0 Å². The molecule has 0 bridgehead atoms. The fraction of sp³-hybridized carbons (Fsp3) is 0.200. The minimum Gasteiger partial charge on any atom is -0.493 e. The number of para-hydroxylation sites is 1. The molecule has 3 rings (SSSR count). The second-order valence-corrected chi connectivity index (χ2v) is 7.62. The number of halogens is 1. The Morgan fingerprint density at radius 1 is 0.781 bits per heavy atom. The van der Waals surface area contributed by atoms with E-state index >= 15 is 0 Å². The third-order valence-electron chi connectivity index (χ3n) is 4.25. The first-order chi connectivity index (χ1) is 15.6. The van der Waals surface area contributed by atoms with E-state index in [1.807, 2.05) is 37.3 Å². The van der Waals surface area contributed by atoms with Crippen LogP contribution >= 0.6 is 15.9 Å². The van der Waals surface area contributed by atoms with Gasteiger partial charge < -0.3 is 18.9 Å². The first-order valence-corrected chi connectivity index (χ1v) is 11.0. The zero-order chi connectivity index (χ0) is 22.8. The van der Waals surface area contributed by atoms with E-state index in [0.717, 1.165) is 10.9 Å². The first-order valence-electron chi connectivity index (χ1n) is 10.2. The van der Waals surface area contributed by atoms with Crippen LogP contribution in [0.1, 0.15) is 34.1 Å². The number of esters is 2. The summed E-state index contributed by atoms with van der Waals surface area (Å²) in [7, 11) is 0. The van der Waals surface area contributed by atoms with Crippen molar-refractivity contribution in [1.29, 1.82) is 0 Å². The number of ether oxygens (including phenoxy) is 4. The Labute approximate surface area is 195 Å². The molecule has 0 saturated heterocycles. The SMILES string of the molecule is CCCOc1ccc(Br)cc1C(=O)Oc1ccc(C(=O)OCCOc2ccccc2)cc1. The van der Waals surface area contributed by atoms with E-state index in [1.54, 1.807) is 42.5 Å². The third kappa shape index (κ3) is 6.85. The summed E-state index contributed by atoms with van der Waals surface area (Å²) < 4.78 is 22.5. The van der Waals surface area contributed by atoms with Crippen LogP contribution in [0.4, 0.5) is 0 Å². The van der Waals surface area contributed by atoms with Crippen LogP contribution < -0.4 is 14.2 Å². The summed E-state index contributed by atoms with van der Waals surface area (Å²) in [5.41, 5.74) is 0.661. The predicted molar refractivity (Wildman–Crippen MR) is 124 cm³/mol. The molecule has 0 atom stereocenters. The molecule has 166 valence electrons. The number of hydrogen-bond donors (Lipinski definition) is 0. The topological polar surface area (TPSA) is 71.1 Å². The first kappa shape index (κ1) is 23.3. The van der Waals surface area contributed by atoms with Gasteiger partial charge in [0, 0.05) is 4.47 Å². The molecule has 0 fully saturated rings. The van der Waals surface area contributed by atoms with E-state index < -0.39 is 11.9 Å². The van der Waals surface area contributed by atoms with E-state index in [2.05, 4.69) is 15.9 Å². The van der Waals surface area contributed by atoms with Gasteiger partial charge in [0.2, 0.25) is 0 Å². The molecule has 0 amide bonds. The van der Waals surface area contributed by atoms with Gasteiger partial charge in [-0.05, 0) is 61.0 Å². The summed E-state index contributed by atoms with van der Waals surface area (Å²) in [6, 6.07) is 20.6. The third-order valence-corrected chi connectivity index (χ3v) is 4.75. The molecule has 0 aromatic heterocycles. The van der Waals surface area contributed by atoms with Crippen LogP contribution in [0, 0.1) is 0 Å². The van der Waals surface area contributed by atoms with E-state index in [1.165, 1.54) is 0 Å². The highest BCUT2D eigenvalue weighted by molar-refractivity contribution is 9.10. The normalized spacial score (nSPS) is 10.3. The van der Waals surface area contributed by atoms with Crippen molar-refractivity contribution in [3.05, 3.63) is 88.4 Å². The average molecular weight is 499 g/mol. The van der Waals surface area contributed by atoms with Crippen LogP contribution in [0.15, 0.2) is 77.3 Å². The Balaban J connectivity index is 1.53. The summed E-state index contributed by atoms with van der Waals surface area (Å²) in [5, 5.41) is 0. The van der Waals surface area contributed by atoms with Crippen molar-refractivity contribution in [3.8, 4) is 17.2 Å². The molecule has 0 aliphatic heterocycles. The minimum absolute atomic E-state index is 0.119. The molecule has 0 aliphatic rings. The average Bonchev–Trinajstić information content (AvgIpc) is 2.82. The molecule has 3 aromatic rings. The van der Waals surface area contributed by atoms with Gasteiger partial charge in [-0.25, -0.2) is 9.59 Å². The lowest BCUT2D eigenvalue weighted by molar-refractivity contribution is 0.0450. The molecule has 3 aromatic carbocycles. The van der Waals surface area contributed by atoms with E-state index in [-0.39, 0.29) is 13.2 Å². The maximum Gasteiger partial charge on any atom is 0.347 e. The minimum atomic E-state index is -0.550. The van der Waals surface area contributed by atoms with Crippen molar-refractivity contribution in [2.45, 2.75) is 13.3 Å². The lowest BCUT2D eigenvalue weighted by Crippen LogP contribution is -2.13. The molecule has 0 aliphatic carbocycles. The molecular formula is C25H23BrO6. The maximum atomic E-state index is 12.6. The lowest BCUT2D eigenvalue weighted by Gasteiger charge is -2.11. The van der Waals surface area contributed by atoms with Gasteiger partial charge in [-0.3, -0.25) is 0 Å². The van der Waals surface area contributed by atoms with Crippen molar-refractivity contribution >= 4 is 27.9 Å². The maximum absolute atomic E-state index is 12.6. The van der Waals surface area contributed by atoms with Gasteiger partial charge in [0.1, 0.15) is 36.0 Å². The second-order valence-electron chi connectivity index (χ2n) is 6.70. The highest BCUT2D eigenvalue weighted by Crippen LogP contribution is 2.25. The van der Waals surface area contributed by atoms with Gasteiger partial charge in [-0.15, -0.1) is 0 Å².